The molecule has 3 aromatic carbocycles. The normalized spacial score (nSPS) is 19.7. The zero-order chi connectivity index (χ0) is 23.5. The molecule has 34 heavy (non-hydrogen) atoms. The van der Waals surface area contributed by atoms with Gasteiger partial charge < -0.3 is 14.3 Å². The lowest BCUT2D eigenvalue weighted by atomic mass is 10.0. The summed E-state index contributed by atoms with van der Waals surface area (Å²) in [7, 11) is -3.95. The van der Waals surface area contributed by atoms with E-state index in [9.17, 15) is 9.46 Å². The largest absolute Gasteiger partial charge is 0.459 e. The summed E-state index contributed by atoms with van der Waals surface area (Å²) >= 11 is 3.55. The number of para-hydroxylation sites is 2. The zero-order valence-corrected chi connectivity index (χ0v) is 21.7. The van der Waals surface area contributed by atoms with Crippen LogP contribution in [0.3, 0.4) is 0 Å². The first-order valence-corrected chi connectivity index (χ1v) is 15.2. The summed E-state index contributed by atoms with van der Waals surface area (Å²) in [6.07, 6.45) is 5.74. The minimum absolute atomic E-state index is 0.0118. The number of hydrogen-bond acceptors (Lipinski definition) is 5. The molecule has 5 rings (SSSR count). The van der Waals surface area contributed by atoms with Crippen molar-refractivity contribution in [3.8, 4) is 5.75 Å². The second-order valence-electron chi connectivity index (χ2n) is 8.55. The van der Waals surface area contributed by atoms with Crippen molar-refractivity contribution in [2.45, 2.75) is 46.4 Å². The van der Waals surface area contributed by atoms with Gasteiger partial charge in [0.2, 0.25) is 0 Å². The standard InChI is InChI=1S/C26H29N2O3PS2/c1-33-22-14-15-26-24(19-22)27(23-12-5-6-13-25(23)34-26)18-16-20-9-7-8-17-28(20)32(29,30)31-21-10-3-2-4-11-21/h2-6,10-15,19-20H,7-9,16-18H2,1H3,(H,29,30). The van der Waals surface area contributed by atoms with Crippen molar-refractivity contribution in [2.75, 3.05) is 24.2 Å². The van der Waals surface area contributed by atoms with Crippen LogP contribution >= 0.6 is 31.3 Å². The van der Waals surface area contributed by atoms with Crippen molar-refractivity contribution < 1.29 is 14.0 Å². The van der Waals surface area contributed by atoms with E-state index in [1.165, 1.54) is 26.1 Å². The Bertz CT molecular complexity index is 1190. The SMILES string of the molecule is CSc1ccc2c(c1)N(CCC1CCCCN1P(=O)(O)Oc1ccccc1)c1ccccc1S2. The van der Waals surface area contributed by atoms with Crippen LogP contribution in [0, 0.1) is 0 Å². The number of piperidine rings is 1. The van der Waals surface area contributed by atoms with Crippen LogP contribution in [-0.2, 0) is 4.57 Å². The third kappa shape index (κ3) is 5.05. The van der Waals surface area contributed by atoms with Gasteiger partial charge in [0.1, 0.15) is 5.75 Å². The van der Waals surface area contributed by atoms with Crippen molar-refractivity contribution in [2.24, 2.45) is 0 Å². The van der Waals surface area contributed by atoms with Crippen LogP contribution in [0.2, 0.25) is 0 Å². The van der Waals surface area contributed by atoms with Crippen LogP contribution in [0.4, 0.5) is 11.4 Å². The number of nitrogens with zero attached hydrogens (tertiary/aromatic N) is 2. The van der Waals surface area contributed by atoms with E-state index < -0.39 is 7.75 Å². The number of anilines is 2. The Morgan fingerprint density at radius 1 is 1.03 bits per heavy atom. The molecule has 0 bridgehead atoms. The van der Waals surface area contributed by atoms with Gasteiger partial charge in [-0.25, -0.2) is 4.57 Å². The summed E-state index contributed by atoms with van der Waals surface area (Å²) in [6, 6.07) is 24.1. The molecule has 2 aliphatic rings. The Kier molecular flexibility index (Phi) is 7.28. The van der Waals surface area contributed by atoms with E-state index in [0.29, 0.717) is 12.3 Å². The van der Waals surface area contributed by atoms with Crippen molar-refractivity contribution in [3.63, 3.8) is 0 Å². The monoisotopic (exact) mass is 512 g/mol. The quantitative estimate of drug-likeness (QED) is 0.261. The molecule has 0 aromatic heterocycles. The van der Waals surface area contributed by atoms with Gasteiger partial charge in [-0.1, -0.05) is 48.5 Å². The highest BCUT2D eigenvalue weighted by Crippen LogP contribution is 2.52. The highest BCUT2D eigenvalue weighted by molar-refractivity contribution is 8.00. The molecule has 3 aromatic rings. The van der Waals surface area contributed by atoms with Crippen LogP contribution in [0.25, 0.3) is 0 Å². The summed E-state index contributed by atoms with van der Waals surface area (Å²) in [6.45, 7) is 1.35. The van der Waals surface area contributed by atoms with E-state index in [0.717, 1.165) is 32.2 Å². The first-order chi connectivity index (χ1) is 16.5. The van der Waals surface area contributed by atoms with Gasteiger partial charge in [-0.2, -0.15) is 4.67 Å². The van der Waals surface area contributed by atoms with Gasteiger partial charge in [-0.3, -0.25) is 0 Å². The maximum Gasteiger partial charge on any atom is 0.459 e. The predicted octanol–water partition coefficient (Wildman–Crippen LogP) is 7.44. The maximum atomic E-state index is 13.3. The molecule has 5 nitrogen and oxygen atoms in total. The van der Waals surface area contributed by atoms with Crippen molar-refractivity contribution in [1.82, 2.24) is 4.67 Å². The molecular formula is C26H29N2O3PS2. The van der Waals surface area contributed by atoms with E-state index in [-0.39, 0.29) is 6.04 Å². The molecule has 8 heteroatoms. The van der Waals surface area contributed by atoms with E-state index in [1.807, 2.05) is 30.0 Å². The molecule has 1 fully saturated rings. The Labute approximate surface area is 210 Å². The van der Waals surface area contributed by atoms with Crippen molar-refractivity contribution in [1.29, 1.82) is 0 Å². The van der Waals surface area contributed by atoms with E-state index >= 15 is 0 Å². The lowest BCUT2D eigenvalue weighted by Gasteiger charge is -2.39. The summed E-state index contributed by atoms with van der Waals surface area (Å²) in [4.78, 5) is 17.0. The number of benzene rings is 3. The smallest absolute Gasteiger partial charge is 0.413 e. The summed E-state index contributed by atoms with van der Waals surface area (Å²) in [5.74, 6) is 0.429. The molecule has 2 heterocycles. The van der Waals surface area contributed by atoms with Gasteiger partial charge in [0, 0.05) is 33.8 Å². The third-order valence-corrected chi connectivity index (χ3v) is 9.89. The Morgan fingerprint density at radius 3 is 2.62 bits per heavy atom. The fourth-order valence-electron chi connectivity index (χ4n) is 4.74. The van der Waals surface area contributed by atoms with E-state index in [4.69, 9.17) is 4.52 Å². The summed E-state index contributed by atoms with van der Waals surface area (Å²) in [5, 5.41) is 0. The summed E-state index contributed by atoms with van der Waals surface area (Å²) < 4.78 is 20.7. The first kappa shape index (κ1) is 23.8. The molecule has 0 radical (unpaired) electrons. The van der Waals surface area contributed by atoms with Crippen LogP contribution < -0.4 is 9.42 Å². The molecule has 2 aliphatic heterocycles. The Morgan fingerprint density at radius 2 is 1.79 bits per heavy atom. The van der Waals surface area contributed by atoms with Crippen molar-refractivity contribution >= 4 is 42.6 Å². The number of rotatable bonds is 7. The molecule has 0 spiro atoms. The number of hydrogen-bond donors (Lipinski definition) is 1. The average Bonchev–Trinajstić information content (AvgIpc) is 2.86. The molecule has 1 saturated heterocycles. The van der Waals surface area contributed by atoms with Crippen LogP contribution in [0.5, 0.6) is 5.75 Å². The maximum absolute atomic E-state index is 13.3. The highest BCUT2D eigenvalue weighted by Gasteiger charge is 2.39. The van der Waals surface area contributed by atoms with Gasteiger partial charge in [-0.15, -0.1) is 11.8 Å². The lowest BCUT2D eigenvalue weighted by Crippen LogP contribution is -2.40. The first-order valence-electron chi connectivity index (χ1n) is 11.6. The molecule has 0 amide bonds. The van der Waals surface area contributed by atoms with Crippen LogP contribution in [0.1, 0.15) is 25.7 Å². The van der Waals surface area contributed by atoms with Gasteiger partial charge in [0.25, 0.3) is 0 Å². The van der Waals surface area contributed by atoms with Crippen molar-refractivity contribution in [3.05, 3.63) is 72.8 Å². The van der Waals surface area contributed by atoms with E-state index in [2.05, 4.69) is 53.6 Å². The van der Waals surface area contributed by atoms with Crippen LogP contribution in [0.15, 0.2) is 87.5 Å². The van der Waals surface area contributed by atoms with Gasteiger partial charge in [0.05, 0.1) is 11.4 Å². The highest BCUT2D eigenvalue weighted by atomic mass is 32.2. The Balaban J connectivity index is 1.39. The molecule has 178 valence electrons. The van der Waals surface area contributed by atoms with Gasteiger partial charge in [0.15, 0.2) is 0 Å². The lowest BCUT2D eigenvalue weighted by molar-refractivity contribution is 0.186. The predicted molar refractivity (Wildman–Crippen MR) is 142 cm³/mol. The molecular weight excluding hydrogens is 483 g/mol. The topological polar surface area (TPSA) is 53.0 Å². The number of thioether (sulfide) groups is 1. The fraction of sp³-hybridized carbons (Fsp3) is 0.308. The second kappa shape index (κ2) is 10.4. The minimum Gasteiger partial charge on any atom is -0.413 e. The zero-order valence-electron chi connectivity index (χ0n) is 19.2. The minimum atomic E-state index is -3.95. The molecule has 2 unspecified atom stereocenters. The second-order valence-corrected chi connectivity index (χ2v) is 12.2. The van der Waals surface area contributed by atoms with E-state index in [1.54, 1.807) is 28.6 Å². The van der Waals surface area contributed by atoms with Crippen LogP contribution in [-0.4, -0.2) is 35.0 Å². The fourth-order valence-corrected chi connectivity index (χ4v) is 7.79. The molecule has 2 atom stereocenters. The average molecular weight is 513 g/mol. The molecule has 1 N–H and O–H groups in total. The molecule has 0 saturated carbocycles. The van der Waals surface area contributed by atoms with Gasteiger partial charge >= 0.3 is 7.75 Å². The van der Waals surface area contributed by atoms with Gasteiger partial charge in [-0.05, 0) is 68.0 Å². The third-order valence-electron chi connectivity index (χ3n) is 6.41. The summed E-state index contributed by atoms with van der Waals surface area (Å²) in [5.41, 5.74) is 2.42. The Hall–Kier alpha value is -1.89. The molecule has 0 aliphatic carbocycles. The number of fused-ring (bicyclic) bond motifs is 2.